The molecule has 0 aliphatic carbocycles. The number of para-hydroxylation sites is 1. The summed E-state index contributed by atoms with van der Waals surface area (Å²) >= 11 is 0. The fourth-order valence-electron chi connectivity index (χ4n) is 4.33. The van der Waals surface area contributed by atoms with E-state index < -0.39 is 0 Å². The maximum absolute atomic E-state index is 13.8. The molecule has 176 valence electrons. The van der Waals surface area contributed by atoms with Gasteiger partial charge in [0.2, 0.25) is 5.91 Å². The van der Waals surface area contributed by atoms with Crippen molar-refractivity contribution >= 4 is 16.9 Å². The number of pyridine rings is 1. The van der Waals surface area contributed by atoms with Crippen molar-refractivity contribution < 1.29 is 13.9 Å². The number of aryl methyl sites for hydroxylation is 3. The van der Waals surface area contributed by atoms with Gasteiger partial charge in [0.25, 0.3) is 5.56 Å². The van der Waals surface area contributed by atoms with Crippen molar-refractivity contribution in [2.45, 2.75) is 33.2 Å². The number of methoxy groups -OCH3 is 1. The summed E-state index contributed by atoms with van der Waals surface area (Å²) in [6.45, 7) is 4.08. The fourth-order valence-corrected chi connectivity index (χ4v) is 4.33. The highest BCUT2D eigenvalue weighted by Gasteiger charge is 2.20. The van der Waals surface area contributed by atoms with Crippen LogP contribution >= 0.6 is 0 Å². The number of ether oxygens (including phenoxy) is 1. The molecule has 0 unspecified atom stereocenters. The van der Waals surface area contributed by atoms with Crippen LogP contribution in [0.5, 0.6) is 5.75 Å². The van der Waals surface area contributed by atoms with Gasteiger partial charge in [0.15, 0.2) is 0 Å². The Morgan fingerprint density at radius 1 is 1.15 bits per heavy atom. The third-order valence-corrected chi connectivity index (χ3v) is 6.07. The molecule has 0 saturated heterocycles. The summed E-state index contributed by atoms with van der Waals surface area (Å²) in [5, 5.41) is 8.31. The minimum Gasteiger partial charge on any atom is -0.496 e. The molecule has 0 aliphatic rings. The van der Waals surface area contributed by atoms with Crippen molar-refractivity contribution in [3.8, 4) is 11.4 Å². The number of amides is 1. The van der Waals surface area contributed by atoms with Gasteiger partial charge in [-0.25, -0.2) is 9.07 Å². The molecule has 1 amide bonds. The summed E-state index contributed by atoms with van der Waals surface area (Å²) in [7, 11) is 3.26. The number of nitrogens with zero attached hydrogens (tertiary/aromatic N) is 3. The fraction of sp³-hybridized carbons (Fsp3) is 0.269. The normalized spacial score (nSPS) is 11.1. The highest BCUT2D eigenvalue weighted by atomic mass is 19.1. The van der Waals surface area contributed by atoms with Gasteiger partial charge in [-0.05, 0) is 50.1 Å². The predicted molar refractivity (Wildman–Crippen MR) is 129 cm³/mol. The molecular weight excluding hydrogens is 435 g/mol. The first kappa shape index (κ1) is 23.2. The van der Waals surface area contributed by atoms with Crippen molar-refractivity contribution in [3.05, 3.63) is 87.1 Å². The van der Waals surface area contributed by atoms with E-state index in [-0.39, 0.29) is 23.7 Å². The van der Waals surface area contributed by atoms with Gasteiger partial charge < -0.3 is 10.1 Å². The molecule has 0 fully saturated rings. The monoisotopic (exact) mass is 462 g/mol. The minimum absolute atomic E-state index is 0.153. The Morgan fingerprint density at radius 2 is 1.91 bits per heavy atom. The standard InChI is InChI=1S/C26H27FN4O3/c1-16-21(12-13-23(32)28-15-18-8-5-6-11-22(18)34-4)26(33)30(3)25-24(16)17(2)29-31(25)20-10-7-9-19(27)14-20/h5-11,14H,12-13,15H2,1-4H3,(H,28,32). The highest BCUT2D eigenvalue weighted by molar-refractivity contribution is 5.85. The van der Waals surface area contributed by atoms with Gasteiger partial charge in [0, 0.05) is 36.5 Å². The van der Waals surface area contributed by atoms with Gasteiger partial charge in [-0.1, -0.05) is 24.3 Å². The summed E-state index contributed by atoms with van der Waals surface area (Å²) in [5.74, 6) is 0.180. The lowest BCUT2D eigenvalue weighted by molar-refractivity contribution is -0.121. The van der Waals surface area contributed by atoms with Gasteiger partial charge in [-0.3, -0.25) is 14.2 Å². The second kappa shape index (κ2) is 9.51. The highest BCUT2D eigenvalue weighted by Crippen LogP contribution is 2.26. The van der Waals surface area contributed by atoms with Gasteiger partial charge in [-0.2, -0.15) is 5.10 Å². The molecule has 0 atom stereocenters. The average molecular weight is 463 g/mol. The van der Waals surface area contributed by atoms with Crippen LogP contribution in [-0.4, -0.2) is 27.4 Å². The largest absolute Gasteiger partial charge is 0.496 e. The first-order chi connectivity index (χ1) is 16.3. The van der Waals surface area contributed by atoms with Crippen LogP contribution in [-0.2, 0) is 24.8 Å². The number of benzene rings is 2. The predicted octanol–water partition coefficient (Wildman–Crippen LogP) is 3.74. The Labute approximate surface area is 196 Å². The Balaban J connectivity index is 1.60. The zero-order valence-electron chi connectivity index (χ0n) is 19.7. The van der Waals surface area contributed by atoms with E-state index in [1.54, 1.807) is 31.0 Å². The lowest BCUT2D eigenvalue weighted by Gasteiger charge is -2.13. The maximum atomic E-state index is 13.8. The van der Waals surface area contributed by atoms with Gasteiger partial charge in [0.1, 0.15) is 17.2 Å². The number of carbonyl (C=O) groups is 1. The SMILES string of the molecule is COc1ccccc1CNC(=O)CCc1c(C)c2c(C)nn(-c3cccc(F)c3)c2n(C)c1=O. The number of hydrogen-bond donors (Lipinski definition) is 1. The Bertz CT molecular complexity index is 1440. The van der Waals surface area contributed by atoms with E-state index >= 15 is 0 Å². The van der Waals surface area contributed by atoms with E-state index in [0.717, 1.165) is 22.2 Å². The van der Waals surface area contributed by atoms with Crippen LogP contribution < -0.4 is 15.6 Å². The van der Waals surface area contributed by atoms with Crippen LogP contribution in [0.25, 0.3) is 16.7 Å². The molecule has 0 bridgehead atoms. The molecule has 4 aromatic rings. The van der Waals surface area contributed by atoms with Crippen LogP contribution in [0.3, 0.4) is 0 Å². The van der Waals surface area contributed by atoms with E-state index in [0.29, 0.717) is 35.6 Å². The third kappa shape index (κ3) is 4.31. The number of aromatic nitrogens is 3. The van der Waals surface area contributed by atoms with E-state index in [4.69, 9.17) is 4.74 Å². The molecule has 2 aromatic heterocycles. The lowest BCUT2D eigenvalue weighted by Crippen LogP contribution is -2.27. The second-order valence-corrected chi connectivity index (χ2v) is 8.23. The van der Waals surface area contributed by atoms with Crippen LogP contribution in [0.1, 0.15) is 28.8 Å². The molecule has 0 saturated carbocycles. The molecular formula is C26H27FN4O3. The molecule has 0 spiro atoms. The first-order valence-corrected chi connectivity index (χ1v) is 11.0. The summed E-state index contributed by atoms with van der Waals surface area (Å²) in [6, 6.07) is 13.6. The average Bonchev–Trinajstić information content (AvgIpc) is 3.19. The molecule has 4 rings (SSSR count). The molecule has 0 radical (unpaired) electrons. The zero-order chi connectivity index (χ0) is 24.4. The Hall–Kier alpha value is -3.94. The molecule has 2 aromatic carbocycles. The summed E-state index contributed by atoms with van der Waals surface area (Å²) < 4.78 is 22.3. The molecule has 8 heteroatoms. The third-order valence-electron chi connectivity index (χ3n) is 6.07. The van der Waals surface area contributed by atoms with E-state index in [1.165, 1.54) is 16.7 Å². The molecule has 0 aliphatic heterocycles. The summed E-state index contributed by atoms with van der Waals surface area (Å²) in [6.07, 6.45) is 0.477. The van der Waals surface area contributed by atoms with Crippen molar-refractivity contribution in [1.29, 1.82) is 0 Å². The number of nitrogens with one attached hydrogen (secondary N) is 1. The maximum Gasteiger partial charge on any atom is 0.255 e. The van der Waals surface area contributed by atoms with Gasteiger partial charge >= 0.3 is 0 Å². The lowest BCUT2D eigenvalue weighted by atomic mass is 10.0. The van der Waals surface area contributed by atoms with E-state index in [1.807, 2.05) is 38.1 Å². The van der Waals surface area contributed by atoms with Crippen LogP contribution in [0.15, 0.2) is 53.3 Å². The number of hydrogen-bond acceptors (Lipinski definition) is 4. The second-order valence-electron chi connectivity index (χ2n) is 8.23. The molecule has 7 nitrogen and oxygen atoms in total. The Morgan fingerprint density at radius 3 is 2.65 bits per heavy atom. The van der Waals surface area contributed by atoms with Crippen LogP contribution in [0.2, 0.25) is 0 Å². The molecule has 1 N–H and O–H groups in total. The smallest absolute Gasteiger partial charge is 0.255 e. The molecule has 34 heavy (non-hydrogen) atoms. The minimum atomic E-state index is -0.378. The first-order valence-electron chi connectivity index (χ1n) is 11.0. The van der Waals surface area contributed by atoms with E-state index in [9.17, 15) is 14.0 Å². The number of halogens is 1. The van der Waals surface area contributed by atoms with Crippen molar-refractivity contribution in [3.63, 3.8) is 0 Å². The topological polar surface area (TPSA) is 78.2 Å². The number of fused-ring (bicyclic) bond motifs is 1. The Kier molecular flexibility index (Phi) is 6.49. The summed E-state index contributed by atoms with van der Waals surface area (Å²) in [4.78, 5) is 25.8. The van der Waals surface area contributed by atoms with Crippen molar-refractivity contribution in [1.82, 2.24) is 19.7 Å². The van der Waals surface area contributed by atoms with Crippen LogP contribution in [0, 0.1) is 19.7 Å². The van der Waals surface area contributed by atoms with Crippen LogP contribution in [0.4, 0.5) is 4.39 Å². The molecule has 2 heterocycles. The number of rotatable bonds is 7. The summed E-state index contributed by atoms with van der Waals surface area (Å²) in [5.41, 5.74) is 3.91. The van der Waals surface area contributed by atoms with Crippen molar-refractivity contribution in [2.75, 3.05) is 7.11 Å². The zero-order valence-corrected chi connectivity index (χ0v) is 19.7. The van der Waals surface area contributed by atoms with Crippen molar-refractivity contribution in [2.24, 2.45) is 7.05 Å². The number of carbonyl (C=O) groups excluding carboxylic acids is 1. The van der Waals surface area contributed by atoms with E-state index in [2.05, 4.69) is 10.4 Å². The quantitative estimate of drug-likeness (QED) is 0.454. The van der Waals surface area contributed by atoms with Gasteiger partial charge in [-0.15, -0.1) is 0 Å². The van der Waals surface area contributed by atoms with Gasteiger partial charge in [0.05, 0.1) is 18.5 Å².